The van der Waals surface area contributed by atoms with Gasteiger partial charge in [-0.2, -0.15) is 0 Å². The largest absolute Gasteiger partial charge is 0.508 e. The Kier molecular flexibility index (Phi) is 2.59. The van der Waals surface area contributed by atoms with E-state index in [1.807, 2.05) is 0 Å². The van der Waals surface area contributed by atoms with Crippen molar-refractivity contribution in [1.29, 1.82) is 0 Å². The van der Waals surface area contributed by atoms with E-state index in [2.05, 4.69) is 0 Å². The fourth-order valence-corrected chi connectivity index (χ4v) is 1.94. The molecule has 0 aliphatic carbocycles. The molecule has 0 saturated carbocycles. The summed E-state index contributed by atoms with van der Waals surface area (Å²) in [4.78, 5) is 13.6. The van der Waals surface area contributed by atoms with Crippen LogP contribution in [0.15, 0.2) is 24.3 Å². The van der Waals surface area contributed by atoms with Gasteiger partial charge in [0, 0.05) is 18.7 Å². The SMILES string of the molecule is CC1(O)CCN(C(=O)c2cccc(O)c2)C1. The second-order valence-electron chi connectivity index (χ2n) is 4.52. The molecular weight excluding hydrogens is 206 g/mol. The van der Waals surface area contributed by atoms with Gasteiger partial charge < -0.3 is 15.1 Å². The Morgan fingerprint density at radius 3 is 2.81 bits per heavy atom. The molecule has 0 aromatic heterocycles. The van der Waals surface area contributed by atoms with Crippen molar-refractivity contribution in [2.45, 2.75) is 18.9 Å². The Hall–Kier alpha value is -1.55. The van der Waals surface area contributed by atoms with Gasteiger partial charge in [-0.1, -0.05) is 6.07 Å². The van der Waals surface area contributed by atoms with E-state index in [0.29, 0.717) is 25.1 Å². The van der Waals surface area contributed by atoms with Crippen LogP contribution in [0.1, 0.15) is 23.7 Å². The number of benzene rings is 1. The number of amides is 1. The van der Waals surface area contributed by atoms with Crippen molar-refractivity contribution in [3.63, 3.8) is 0 Å². The van der Waals surface area contributed by atoms with Crippen molar-refractivity contribution >= 4 is 5.91 Å². The number of aliphatic hydroxyl groups is 1. The minimum Gasteiger partial charge on any atom is -0.508 e. The van der Waals surface area contributed by atoms with Crippen LogP contribution in [0.25, 0.3) is 0 Å². The molecule has 1 fully saturated rings. The van der Waals surface area contributed by atoms with E-state index in [9.17, 15) is 15.0 Å². The average Bonchev–Trinajstić information content (AvgIpc) is 2.58. The minimum atomic E-state index is -0.785. The van der Waals surface area contributed by atoms with Gasteiger partial charge in [-0.05, 0) is 31.5 Å². The molecule has 0 radical (unpaired) electrons. The summed E-state index contributed by atoms with van der Waals surface area (Å²) >= 11 is 0. The molecular formula is C12H15NO3. The summed E-state index contributed by atoms with van der Waals surface area (Å²) in [5, 5.41) is 19.1. The van der Waals surface area contributed by atoms with Crippen LogP contribution in [-0.2, 0) is 0 Å². The highest BCUT2D eigenvalue weighted by Gasteiger charge is 2.34. The minimum absolute atomic E-state index is 0.0804. The molecule has 1 heterocycles. The molecule has 16 heavy (non-hydrogen) atoms. The number of rotatable bonds is 1. The van der Waals surface area contributed by atoms with Crippen molar-refractivity contribution in [3.8, 4) is 5.75 Å². The third-order valence-corrected chi connectivity index (χ3v) is 2.83. The van der Waals surface area contributed by atoms with Gasteiger partial charge in [0.25, 0.3) is 5.91 Å². The molecule has 1 aliphatic rings. The lowest BCUT2D eigenvalue weighted by atomic mass is 10.1. The molecule has 86 valence electrons. The van der Waals surface area contributed by atoms with E-state index in [4.69, 9.17) is 0 Å². The normalized spacial score (nSPS) is 24.8. The van der Waals surface area contributed by atoms with Gasteiger partial charge >= 0.3 is 0 Å². The van der Waals surface area contributed by atoms with Gasteiger partial charge in [-0.15, -0.1) is 0 Å². The standard InChI is InChI=1S/C12H15NO3/c1-12(16)5-6-13(8-12)11(15)9-3-2-4-10(14)7-9/h2-4,7,14,16H,5-6,8H2,1H3. The summed E-state index contributed by atoms with van der Waals surface area (Å²) in [6.45, 7) is 2.63. The first kappa shape index (κ1) is 11.0. The summed E-state index contributed by atoms with van der Waals surface area (Å²) < 4.78 is 0. The van der Waals surface area contributed by atoms with Gasteiger partial charge in [0.1, 0.15) is 5.75 Å². The summed E-state index contributed by atoms with van der Waals surface area (Å²) in [5.41, 5.74) is -0.329. The lowest BCUT2D eigenvalue weighted by molar-refractivity contribution is 0.0572. The Morgan fingerprint density at radius 2 is 2.25 bits per heavy atom. The van der Waals surface area contributed by atoms with Crippen LogP contribution in [0.4, 0.5) is 0 Å². The highest BCUT2D eigenvalue weighted by Crippen LogP contribution is 2.22. The number of hydrogen-bond donors (Lipinski definition) is 2. The lowest BCUT2D eigenvalue weighted by Crippen LogP contribution is -2.33. The first-order chi connectivity index (χ1) is 7.48. The van der Waals surface area contributed by atoms with Crippen LogP contribution >= 0.6 is 0 Å². The molecule has 1 saturated heterocycles. The quantitative estimate of drug-likeness (QED) is 0.743. The number of nitrogens with zero attached hydrogens (tertiary/aromatic N) is 1. The molecule has 1 aromatic rings. The van der Waals surface area contributed by atoms with E-state index in [0.717, 1.165) is 0 Å². The maximum atomic E-state index is 12.0. The molecule has 1 aromatic carbocycles. The van der Waals surface area contributed by atoms with Crippen LogP contribution in [0.2, 0.25) is 0 Å². The van der Waals surface area contributed by atoms with Crippen LogP contribution in [0, 0.1) is 0 Å². The highest BCUT2D eigenvalue weighted by atomic mass is 16.3. The van der Waals surface area contributed by atoms with Gasteiger partial charge in [0.2, 0.25) is 0 Å². The van der Waals surface area contributed by atoms with E-state index < -0.39 is 5.60 Å². The van der Waals surface area contributed by atoms with E-state index in [-0.39, 0.29) is 11.7 Å². The Bertz CT molecular complexity index is 414. The summed E-state index contributed by atoms with van der Waals surface area (Å²) in [7, 11) is 0. The monoisotopic (exact) mass is 221 g/mol. The molecule has 1 atom stereocenters. The van der Waals surface area contributed by atoms with E-state index in [1.165, 1.54) is 12.1 Å². The molecule has 0 spiro atoms. The summed E-state index contributed by atoms with van der Waals surface area (Å²) in [6.07, 6.45) is 0.595. The fraction of sp³-hybridized carbons (Fsp3) is 0.417. The Labute approximate surface area is 94.1 Å². The van der Waals surface area contributed by atoms with Crippen molar-refractivity contribution < 1.29 is 15.0 Å². The molecule has 4 heteroatoms. The van der Waals surface area contributed by atoms with Gasteiger partial charge in [0.15, 0.2) is 0 Å². The van der Waals surface area contributed by atoms with Crippen LogP contribution < -0.4 is 0 Å². The third-order valence-electron chi connectivity index (χ3n) is 2.83. The molecule has 2 rings (SSSR count). The number of aromatic hydroxyl groups is 1. The van der Waals surface area contributed by atoms with Crippen LogP contribution in [0.3, 0.4) is 0 Å². The number of β-amino-alcohol motifs (C(OH)–C–C–N with tert-alkyl or cyclic N) is 1. The zero-order chi connectivity index (χ0) is 11.8. The zero-order valence-electron chi connectivity index (χ0n) is 9.18. The molecule has 1 aliphatic heterocycles. The average molecular weight is 221 g/mol. The predicted octanol–water partition coefficient (Wildman–Crippen LogP) is 0.989. The maximum Gasteiger partial charge on any atom is 0.254 e. The molecule has 0 bridgehead atoms. The number of phenols is 1. The summed E-state index contributed by atoms with van der Waals surface area (Å²) in [5.74, 6) is -0.0644. The van der Waals surface area contributed by atoms with E-state index >= 15 is 0 Å². The Morgan fingerprint density at radius 1 is 1.50 bits per heavy atom. The van der Waals surface area contributed by atoms with Gasteiger partial charge in [-0.25, -0.2) is 0 Å². The first-order valence-electron chi connectivity index (χ1n) is 5.29. The number of carbonyl (C=O) groups excluding carboxylic acids is 1. The summed E-state index contributed by atoms with van der Waals surface area (Å²) in [6, 6.07) is 6.26. The van der Waals surface area contributed by atoms with Gasteiger partial charge in [0.05, 0.1) is 5.60 Å². The molecule has 2 N–H and O–H groups in total. The number of carbonyl (C=O) groups is 1. The highest BCUT2D eigenvalue weighted by molar-refractivity contribution is 5.94. The lowest BCUT2D eigenvalue weighted by Gasteiger charge is -2.19. The van der Waals surface area contributed by atoms with Crippen molar-refractivity contribution in [1.82, 2.24) is 4.90 Å². The third kappa shape index (κ3) is 2.17. The zero-order valence-corrected chi connectivity index (χ0v) is 9.18. The van der Waals surface area contributed by atoms with Gasteiger partial charge in [-0.3, -0.25) is 4.79 Å². The van der Waals surface area contributed by atoms with Crippen LogP contribution in [-0.4, -0.2) is 39.7 Å². The van der Waals surface area contributed by atoms with Crippen LogP contribution in [0.5, 0.6) is 5.75 Å². The second-order valence-corrected chi connectivity index (χ2v) is 4.52. The number of hydrogen-bond acceptors (Lipinski definition) is 3. The Balaban J connectivity index is 2.15. The molecule has 1 unspecified atom stereocenters. The van der Waals surface area contributed by atoms with Crippen molar-refractivity contribution in [2.24, 2.45) is 0 Å². The van der Waals surface area contributed by atoms with Crippen molar-refractivity contribution in [3.05, 3.63) is 29.8 Å². The van der Waals surface area contributed by atoms with Crippen molar-refractivity contribution in [2.75, 3.05) is 13.1 Å². The maximum absolute atomic E-state index is 12.0. The smallest absolute Gasteiger partial charge is 0.254 e. The number of phenolic OH excluding ortho intramolecular Hbond substituents is 1. The van der Waals surface area contributed by atoms with E-state index in [1.54, 1.807) is 24.0 Å². The topological polar surface area (TPSA) is 60.8 Å². The molecule has 4 nitrogen and oxygen atoms in total. The molecule has 1 amide bonds. The first-order valence-corrected chi connectivity index (χ1v) is 5.29. The second kappa shape index (κ2) is 3.79. The predicted molar refractivity (Wildman–Crippen MR) is 59.3 cm³/mol. The fourth-order valence-electron chi connectivity index (χ4n) is 1.94. The number of likely N-dealkylation sites (tertiary alicyclic amines) is 1.